The van der Waals surface area contributed by atoms with Crippen LogP contribution in [0.3, 0.4) is 0 Å². The number of carbonyl (C=O) groups is 1. The predicted molar refractivity (Wildman–Crippen MR) is 114 cm³/mol. The van der Waals surface area contributed by atoms with Crippen molar-refractivity contribution in [2.45, 2.75) is 53.4 Å². The predicted octanol–water partition coefficient (Wildman–Crippen LogP) is 6.38. The number of ether oxygens (including phenoxy) is 1. The standard InChI is InChI=1S/C23H30ClNO2/c1-16-7-10-18(13-20(16)24)25-21(26)14-27-19-11-8-17(9-12-19)23(5,6)15-22(2,3)4/h7-13H,14-15H2,1-6H3,(H,25,26). The lowest BCUT2D eigenvalue weighted by atomic mass is 9.72. The van der Waals surface area contributed by atoms with E-state index in [9.17, 15) is 4.79 Å². The topological polar surface area (TPSA) is 38.3 Å². The van der Waals surface area contributed by atoms with Crippen LogP contribution >= 0.6 is 11.6 Å². The third-order valence-corrected chi connectivity index (χ3v) is 4.84. The normalized spacial score (nSPS) is 12.0. The van der Waals surface area contributed by atoms with E-state index in [0.717, 1.165) is 12.0 Å². The number of carbonyl (C=O) groups excluding carboxylic acids is 1. The zero-order valence-corrected chi connectivity index (χ0v) is 17.9. The third kappa shape index (κ3) is 6.59. The molecule has 0 unspecified atom stereocenters. The van der Waals surface area contributed by atoms with Crippen molar-refractivity contribution in [2.24, 2.45) is 5.41 Å². The van der Waals surface area contributed by atoms with E-state index in [1.807, 2.05) is 31.2 Å². The van der Waals surface area contributed by atoms with Gasteiger partial charge >= 0.3 is 0 Å². The maximum Gasteiger partial charge on any atom is 0.262 e. The van der Waals surface area contributed by atoms with Crippen LogP contribution in [0.4, 0.5) is 5.69 Å². The van der Waals surface area contributed by atoms with Crippen LogP contribution in [0.15, 0.2) is 42.5 Å². The fourth-order valence-corrected chi connectivity index (χ4v) is 3.63. The molecule has 0 radical (unpaired) electrons. The third-order valence-electron chi connectivity index (χ3n) is 4.43. The van der Waals surface area contributed by atoms with E-state index in [0.29, 0.717) is 16.5 Å². The lowest BCUT2D eigenvalue weighted by molar-refractivity contribution is -0.118. The van der Waals surface area contributed by atoms with E-state index >= 15 is 0 Å². The Morgan fingerprint density at radius 2 is 1.67 bits per heavy atom. The molecule has 0 fully saturated rings. The molecule has 2 aromatic rings. The molecule has 27 heavy (non-hydrogen) atoms. The van der Waals surface area contributed by atoms with Crippen LogP contribution in [-0.2, 0) is 10.2 Å². The molecule has 0 aliphatic heterocycles. The molecule has 0 saturated carbocycles. The summed E-state index contributed by atoms with van der Waals surface area (Å²) < 4.78 is 5.62. The zero-order valence-electron chi connectivity index (χ0n) is 17.2. The molecule has 1 amide bonds. The van der Waals surface area contributed by atoms with Gasteiger partial charge in [-0.15, -0.1) is 0 Å². The van der Waals surface area contributed by atoms with Crippen molar-refractivity contribution in [3.05, 3.63) is 58.6 Å². The van der Waals surface area contributed by atoms with Crippen molar-refractivity contribution in [3.8, 4) is 5.75 Å². The van der Waals surface area contributed by atoms with Crippen molar-refractivity contribution < 1.29 is 9.53 Å². The van der Waals surface area contributed by atoms with Crippen LogP contribution in [0.1, 0.15) is 52.2 Å². The molecule has 0 spiro atoms. The maximum absolute atomic E-state index is 12.1. The summed E-state index contributed by atoms with van der Waals surface area (Å²) in [5.74, 6) is 0.467. The molecule has 2 aromatic carbocycles. The van der Waals surface area contributed by atoms with Gasteiger partial charge in [0.2, 0.25) is 0 Å². The van der Waals surface area contributed by atoms with Gasteiger partial charge in [-0.1, -0.05) is 64.4 Å². The van der Waals surface area contributed by atoms with Gasteiger partial charge in [0.15, 0.2) is 6.61 Å². The number of aryl methyl sites for hydroxylation is 1. The minimum Gasteiger partial charge on any atom is -0.484 e. The zero-order chi connectivity index (χ0) is 20.2. The van der Waals surface area contributed by atoms with Gasteiger partial charge in [-0.25, -0.2) is 0 Å². The summed E-state index contributed by atoms with van der Waals surface area (Å²) in [6, 6.07) is 13.5. The van der Waals surface area contributed by atoms with E-state index in [1.165, 1.54) is 5.56 Å². The van der Waals surface area contributed by atoms with Gasteiger partial charge in [-0.2, -0.15) is 0 Å². The van der Waals surface area contributed by atoms with E-state index in [4.69, 9.17) is 16.3 Å². The highest BCUT2D eigenvalue weighted by atomic mass is 35.5. The van der Waals surface area contributed by atoms with Crippen LogP contribution in [0.2, 0.25) is 5.02 Å². The van der Waals surface area contributed by atoms with E-state index < -0.39 is 0 Å². The van der Waals surface area contributed by atoms with Crippen LogP contribution in [0, 0.1) is 12.3 Å². The Hall–Kier alpha value is -2.00. The number of benzene rings is 2. The monoisotopic (exact) mass is 387 g/mol. The molecule has 1 N–H and O–H groups in total. The average Bonchev–Trinajstić information content (AvgIpc) is 2.55. The van der Waals surface area contributed by atoms with Crippen molar-refractivity contribution in [3.63, 3.8) is 0 Å². The molecule has 0 aliphatic rings. The number of halogens is 1. The Kier molecular flexibility index (Phi) is 6.59. The van der Waals surface area contributed by atoms with Gasteiger partial charge < -0.3 is 10.1 Å². The van der Waals surface area contributed by atoms with Crippen molar-refractivity contribution in [2.75, 3.05) is 11.9 Å². The summed E-state index contributed by atoms with van der Waals surface area (Å²) >= 11 is 6.08. The molecule has 2 rings (SSSR count). The minimum absolute atomic E-state index is 0.0454. The number of hydrogen-bond donors (Lipinski definition) is 1. The molecule has 0 heterocycles. The number of amides is 1. The molecule has 146 valence electrons. The number of rotatable bonds is 6. The Bertz CT molecular complexity index is 789. The molecule has 0 atom stereocenters. The summed E-state index contributed by atoms with van der Waals surface area (Å²) in [5.41, 5.74) is 3.25. The number of hydrogen-bond acceptors (Lipinski definition) is 2. The largest absolute Gasteiger partial charge is 0.484 e. The quantitative estimate of drug-likeness (QED) is 0.624. The van der Waals surface area contributed by atoms with E-state index in [-0.39, 0.29) is 23.3 Å². The fourth-order valence-electron chi connectivity index (χ4n) is 3.45. The fraction of sp³-hybridized carbons (Fsp3) is 0.435. The lowest BCUT2D eigenvalue weighted by Crippen LogP contribution is -2.24. The van der Waals surface area contributed by atoms with Gasteiger partial charge in [-0.05, 0) is 59.6 Å². The second-order valence-electron chi connectivity index (χ2n) is 8.95. The summed E-state index contributed by atoms with van der Waals surface area (Å²) in [6.07, 6.45) is 1.09. The minimum atomic E-state index is -0.216. The molecule has 0 saturated heterocycles. The van der Waals surface area contributed by atoms with Gasteiger partial charge in [0.1, 0.15) is 5.75 Å². The Morgan fingerprint density at radius 1 is 1.04 bits per heavy atom. The Morgan fingerprint density at radius 3 is 2.22 bits per heavy atom. The first-order valence-corrected chi connectivity index (χ1v) is 9.63. The van der Waals surface area contributed by atoms with Crippen LogP contribution in [0.25, 0.3) is 0 Å². The summed E-state index contributed by atoms with van der Waals surface area (Å²) in [5, 5.41) is 3.42. The van der Waals surface area contributed by atoms with Gasteiger partial charge in [0, 0.05) is 10.7 Å². The molecule has 0 aliphatic carbocycles. The first-order chi connectivity index (χ1) is 12.5. The first kappa shape index (κ1) is 21.3. The summed E-state index contributed by atoms with van der Waals surface area (Å²) in [6.45, 7) is 13.2. The van der Waals surface area contributed by atoms with Gasteiger partial charge in [-0.3, -0.25) is 4.79 Å². The van der Waals surface area contributed by atoms with Gasteiger partial charge in [0.05, 0.1) is 0 Å². The summed E-state index contributed by atoms with van der Waals surface area (Å²) in [4.78, 5) is 12.1. The first-order valence-electron chi connectivity index (χ1n) is 9.26. The highest BCUT2D eigenvalue weighted by molar-refractivity contribution is 6.31. The van der Waals surface area contributed by atoms with Crippen molar-refractivity contribution in [1.82, 2.24) is 0 Å². The smallest absolute Gasteiger partial charge is 0.262 e. The second kappa shape index (κ2) is 8.35. The molecular weight excluding hydrogens is 358 g/mol. The highest BCUT2D eigenvalue weighted by Gasteiger charge is 2.27. The van der Waals surface area contributed by atoms with Crippen LogP contribution in [-0.4, -0.2) is 12.5 Å². The molecular formula is C23H30ClNO2. The molecule has 3 nitrogen and oxygen atoms in total. The Balaban J connectivity index is 1.92. The van der Waals surface area contributed by atoms with Crippen LogP contribution < -0.4 is 10.1 Å². The number of anilines is 1. The molecule has 0 aromatic heterocycles. The number of nitrogens with one attached hydrogen (secondary N) is 1. The lowest BCUT2D eigenvalue weighted by Gasteiger charge is -2.33. The van der Waals surface area contributed by atoms with Crippen LogP contribution in [0.5, 0.6) is 5.75 Å². The van der Waals surface area contributed by atoms with Crippen molar-refractivity contribution >= 4 is 23.2 Å². The van der Waals surface area contributed by atoms with E-state index in [1.54, 1.807) is 6.07 Å². The van der Waals surface area contributed by atoms with Crippen molar-refractivity contribution in [1.29, 1.82) is 0 Å². The van der Waals surface area contributed by atoms with Gasteiger partial charge in [0.25, 0.3) is 5.91 Å². The molecule has 4 heteroatoms. The second-order valence-corrected chi connectivity index (χ2v) is 9.35. The molecule has 0 bridgehead atoms. The summed E-state index contributed by atoms with van der Waals surface area (Å²) in [7, 11) is 0. The maximum atomic E-state index is 12.1. The highest BCUT2D eigenvalue weighted by Crippen LogP contribution is 2.36. The SMILES string of the molecule is Cc1ccc(NC(=O)COc2ccc(C(C)(C)CC(C)(C)C)cc2)cc1Cl. The van der Waals surface area contributed by atoms with E-state index in [2.05, 4.69) is 52.1 Å². The Labute approximate surface area is 168 Å². The average molecular weight is 388 g/mol.